The zero-order chi connectivity index (χ0) is 17.4. The first kappa shape index (κ1) is 16.4. The Morgan fingerprint density at radius 3 is 2.68 bits per heavy atom. The summed E-state index contributed by atoms with van der Waals surface area (Å²) in [5, 5.41) is 15.1. The number of fused-ring (bicyclic) bond motifs is 1. The zero-order valence-electron chi connectivity index (χ0n) is 14.5. The van der Waals surface area contributed by atoms with Crippen LogP contribution in [0.25, 0.3) is 4.96 Å². The van der Waals surface area contributed by atoms with E-state index in [0.717, 1.165) is 34.2 Å². The normalized spacial score (nSPS) is 17.0. The molecule has 2 aromatic heterocycles. The highest BCUT2D eigenvalue weighted by atomic mass is 32.1. The van der Waals surface area contributed by atoms with Crippen molar-refractivity contribution in [3.63, 3.8) is 0 Å². The second-order valence-electron chi connectivity index (χ2n) is 6.38. The minimum absolute atomic E-state index is 0.0507. The standard InChI is InChI=1S/C18H22N4O2S/c1-12-19-18-22(20-12)17(23)16(25-18)15(21-10-6-3-7-11-21)13-8-4-5-9-14(13)24-2/h4-5,8-9,15,23H,3,6-7,10-11H2,1-2H3. The number of methoxy groups -OCH3 is 1. The number of para-hydroxylation sites is 1. The van der Waals surface area contributed by atoms with Crippen LogP contribution in [0, 0.1) is 6.92 Å². The lowest BCUT2D eigenvalue weighted by Gasteiger charge is -2.34. The van der Waals surface area contributed by atoms with E-state index in [1.165, 1.54) is 30.6 Å². The summed E-state index contributed by atoms with van der Waals surface area (Å²) in [6, 6.07) is 8.00. The van der Waals surface area contributed by atoms with Gasteiger partial charge in [-0.3, -0.25) is 4.90 Å². The van der Waals surface area contributed by atoms with Crippen LogP contribution >= 0.6 is 11.3 Å². The molecule has 1 unspecified atom stereocenters. The van der Waals surface area contributed by atoms with Gasteiger partial charge in [0.15, 0.2) is 0 Å². The van der Waals surface area contributed by atoms with Crippen LogP contribution in [0.15, 0.2) is 24.3 Å². The summed E-state index contributed by atoms with van der Waals surface area (Å²) in [6.45, 7) is 3.85. The Balaban J connectivity index is 1.86. The number of benzene rings is 1. The quantitative estimate of drug-likeness (QED) is 0.774. The molecule has 1 atom stereocenters. The van der Waals surface area contributed by atoms with E-state index >= 15 is 0 Å². The molecular formula is C18H22N4O2S. The van der Waals surface area contributed by atoms with Gasteiger partial charge >= 0.3 is 0 Å². The van der Waals surface area contributed by atoms with Crippen LogP contribution in [0.1, 0.15) is 41.6 Å². The number of nitrogens with zero attached hydrogens (tertiary/aromatic N) is 4. The van der Waals surface area contributed by atoms with E-state index in [-0.39, 0.29) is 11.9 Å². The first-order valence-electron chi connectivity index (χ1n) is 8.61. The second kappa shape index (κ2) is 6.65. The van der Waals surface area contributed by atoms with Crippen LogP contribution in [0.4, 0.5) is 0 Å². The Bertz CT molecular complexity index is 882. The fourth-order valence-electron chi connectivity index (χ4n) is 3.60. The Hall–Kier alpha value is -2.12. The minimum atomic E-state index is -0.0507. The molecule has 0 amide bonds. The summed E-state index contributed by atoms with van der Waals surface area (Å²) in [4.78, 5) is 8.45. The third-order valence-electron chi connectivity index (χ3n) is 4.74. The molecule has 0 bridgehead atoms. The van der Waals surface area contributed by atoms with E-state index < -0.39 is 0 Å². The van der Waals surface area contributed by atoms with Gasteiger partial charge in [0, 0.05) is 5.56 Å². The van der Waals surface area contributed by atoms with Crippen molar-refractivity contribution < 1.29 is 9.84 Å². The van der Waals surface area contributed by atoms with E-state index in [9.17, 15) is 5.11 Å². The number of aromatic hydroxyl groups is 1. The molecule has 1 aliphatic rings. The number of rotatable bonds is 4. The number of thiazole rings is 1. The highest BCUT2D eigenvalue weighted by molar-refractivity contribution is 7.17. The zero-order valence-corrected chi connectivity index (χ0v) is 15.3. The maximum Gasteiger partial charge on any atom is 0.230 e. The maximum absolute atomic E-state index is 10.8. The van der Waals surface area contributed by atoms with E-state index in [2.05, 4.69) is 21.0 Å². The highest BCUT2D eigenvalue weighted by Gasteiger charge is 2.31. The van der Waals surface area contributed by atoms with Crippen LogP contribution in [0.3, 0.4) is 0 Å². The van der Waals surface area contributed by atoms with Gasteiger partial charge in [0.05, 0.1) is 18.0 Å². The third-order valence-corrected chi connectivity index (χ3v) is 5.82. The number of piperidine rings is 1. The highest BCUT2D eigenvalue weighted by Crippen LogP contribution is 2.43. The van der Waals surface area contributed by atoms with Crippen molar-refractivity contribution in [1.29, 1.82) is 0 Å². The van der Waals surface area contributed by atoms with Crippen LogP contribution in [0.5, 0.6) is 11.6 Å². The van der Waals surface area contributed by atoms with Gasteiger partial charge in [0.25, 0.3) is 0 Å². The fourth-order valence-corrected chi connectivity index (χ4v) is 4.75. The van der Waals surface area contributed by atoms with E-state index in [4.69, 9.17) is 4.74 Å². The monoisotopic (exact) mass is 358 g/mol. The Morgan fingerprint density at radius 1 is 1.20 bits per heavy atom. The number of hydrogen-bond acceptors (Lipinski definition) is 6. The van der Waals surface area contributed by atoms with Gasteiger partial charge in [-0.2, -0.15) is 4.52 Å². The molecule has 132 valence electrons. The summed E-state index contributed by atoms with van der Waals surface area (Å²) >= 11 is 1.50. The van der Waals surface area contributed by atoms with E-state index in [1.807, 2.05) is 25.1 Å². The lowest BCUT2D eigenvalue weighted by atomic mass is 9.99. The van der Waals surface area contributed by atoms with Crippen molar-refractivity contribution in [2.75, 3.05) is 20.2 Å². The number of aryl methyl sites for hydroxylation is 1. The summed E-state index contributed by atoms with van der Waals surface area (Å²) in [6.07, 6.45) is 3.61. The van der Waals surface area contributed by atoms with Gasteiger partial charge in [-0.1, -0.05) is 36.0 Å². The molecule has 7 heteroatoms. The molecular weight excluding hydrogens is 336 g/mol. The van der Waals surface area contributed by atoms with Crippen molar-refractivity contribution in [1.82, 2.24) is 19.5 Å². The number of hydrogen-bond donors (Lipinski definition) is 1. The lowest BCUT2D eigenvalue weighted by molar-refractivity contribution is 0.184. The van der Waals surface area contributed by atoms with Crippen molar-refractivity contribution >= 4 is 16.3 Å². The molecule has 0 spiro atoms. The van der Waals surface area contributed by atoms with Crippen molar-refractivity contribution in [2.45, 2.75) is 32.2 Å². The van der Waals surface area contributed by atoms with Crippen LogP contribution in [0.2, 0.25) is 0 Å². The Kier molecular flexibility index (Phi) is 4.35. The second-order valence-corrected chi connectivity index (χ2v) is 7.39. The third kappa shape index (κ3) is 2.87. The van der Waals surface area contributed by atoms with Gasteiger partial charge in [-0.15, -0.1) is 5.10 Å². The van der Waals surface area contributed by atoms with Crippen LogP contribution < -0.4 is 4.74 Å². The predicted molar refractivity (Wildman–Crippen MR) is 97.5 cm³/mol. The molecule has 6 nitrogen and oxygen atoms in total. The van der Waals surface area contributed by atoms with Gasteiger partial charge in [0.2, 0.25) is 10.8 Å². The van der Waals surface area contributed by atoms with Gasteiger partial charge in [-0.25, -0.2) is 4.98 Å². The SMILES string of the molecule is COc1ccccc1C(c1sc2nc(C)nn2c1O)N1CCCCC1. The minimum Gasteiger partial charge on any atom is -0.496 e. The summed E-state index contributed by atoms with van der Waals surface area (Å²) in [5.41, 5.74) is 1.07. The molecule has 1 fully saturated rings. The van der Waals surface area contributed by atoms with E-state index in [0.29, 0.717) is 5.82 Å². The van der Waals surface area contributed by atoms with Gasteiger partial charge in [0.1, 0.15) is 11.6 Å². The average Bonchev–Trinajstić information content (AvgIpc) is 3.14. The Morgan fingerprint density at radius 2 is 1.96 bits per heavy atom. The van der Waals surface area contributed by atoms with E-state index in [1.54, 1.807) is 11.6 Å². The molecule has 25 heavy (non-hydrogen) atoms. The van der Waals surface area contributed by atoms with Crippen molar-refractivity contribution in [3.05, 3.63) is 40.5 Å². The Labute approximate surface area is 150 Å². The number of ether oxygens (including phenoxy) is 1. The fraction of sp³-hybridized carbons (Fsp3) is 0.444. The van der Waals surface area contributed by atoms with Gasteiger partial charge in [-0.05, 0) is 38.9 Å². The summed E-state index contributed by atoms with van der Waals surface area (Å²) < 4.78 is 7.15. The molecule has 3 aromatic rings. The maximum atomic E-state index is 10.8. The van der Waals surface area contributed by atoms with Gasteiger partial charge < -0.3 is 9.84 Å². The topological polar surface area (TPSA) is 62.9 Å². The first-order valence-corrected chi connectivity index (χ1v) is 9.42. The molecule has 0 aliphatic carbocycles. The van der Waals surface area contributed by atoms with Crippen molar-refractivity contribution in [3.8, 4) is 11.6 Å². The van der Waals surface area contributed by atoms with Crippen LogP contribution in [-0.4, -0.2) is 44.8 Å². The van der Waals surface area contributed by atoms with Crippen molar-refractivity contribution in [2.24, 2.45) is 0 Å². The summed E-state index contributed by atoms with van der Waals surface area (Å²) in [7, 11) is 1.69. The molecule has 4 rings (SSSR count). The molecule has 1 aromatic carbocycles. The molecule has 1 aliphatic heterocycles. The smallest absolute Gasteiger partial charge is 0.230 e. The molecule has 1 N–H and O–H groups in total. The molecule has 0 saturated carbocycles. The first-order chi connectivity index (χ1) is 12.2. The average molecular weight is 358 g/mol. The molecule has 1 saturated heterocycles. The number of aromatic nitrogens is 3. The molecule has 3 heterocycles. The lowest BCUT2D eigenvalue weighted by Crippen LogP contribution is -2.34. The summed E-state index contributed by atoms with van der Waals surface area (Å²) in [5.74, 6) is 1.69. The predicted octanol–water partition coefficient (Wildman–Crippen LogP) is 3.39. The van der Waals surface area contributed by atoms with Crippen LogP contribution in [-0.2, 0) is 0 Å². The number of likely N-dealkylation sites (tertiary alicyclic amines) is 1. The molecule has 0 radical (unpaired) electrons. The largest absolute Gasteiger partial charge is 0.496 e.